The molecule has 0 saturated carbocycles. The molecule has 0 aromatic rings. The first-order chi connectivity index (χ1) is 4.22. The number of allylic oxidation sites excluding steroid dienone is 2. The van der Waals surface area contributed by atoms with Crippen LogP contribution in [0.15, 0.2) is 35.1 Å². The largest absolute Gasteiger partial charge is 0.0988 e. The molecule has 0 unspecified atom stereocenters. The summed E-state index contributed by atoms with van der Waals surface area (Å²) < 4.78 is 0. The molecule has 0 aromatic heterocycles. The van der Waals surface area contributed by atoms with Crippen molar-refractivity contribution in [1.29, 1.82) is 0 Å². The van der Waals surface area contributed by atoms with E-state index < -0.39 is 0 Å². The van der Waals surface area contributed by atoms with Gasteiger partial charge in [0.2, 0.25) is 0 Å². The van der Waals surface area contributed by atoms with Crippen molar-refractivity contribution >= 4 is 11.8 Å². The maximum atomic E-state index is 3.81. The van der Waals surface area contributed by atoms with Crippen LogP contribution >= 0.6 is 11.8 Å². The van der Waals surface area contributed by atoms with Crippen LogP contribution in [0, 0.1) is 0 Å². The lowest BCUT2D eigenvalue weighted by Crippen LogP contribution is -1.72. The average Bonchev–Trinajstić information content (AvgIpc) is 1.82. The summed E-state index contributed by atoms with van der Waals surface area (Å²) in [6.45, 7) is 11.4. The van der Waals surface area contributed by atoms with Crippen LogP contribution in [0.4, 0.5) is 0 Å². The number of hydrogen-bond donors (Lipinski definition) is 0. The van der Waals surface area contributed by atoms with Gasteiger partial charge in [-0.2, -0.15) is 0 Å². The molecule has 0 rings (SSSR count). The summed E-state index contributed by atoms with van der Waals surface area (Å²) in [4.78, 5) is 1.20. The van der Waals surface area contributed by atoms with Crippen LogP contribution in [0.3, 0.4) is 0 Å². The van der Waals surface area contributed by atoms with Gasteiger partial charge in [0.1, 0.15) is 0 Å². The summed E-state index contributed by atoms with van der Waals surface area (Å²) >= 11 is 1.61. The van der Waals surface area contributed by atoms with Crippen molar-refractivity contribution < 1.29 is 0 Å². The van der Waals surface area contributed by atoms with Gasteiger partial charge in [0.15, 0.2) is 0 Å². The van der Waals surface area contributed by atoms with Crippen molar-refractivity contribution in [3.05, 3.63) is 35.1 Å². The van der Waals surface area contributed by atoms with Crippen LogP contribution < -0.4 is 0 Å². The Balaban J connectivity index is 4.00. The van der Waals surface area contributed by atoms with Gasteiger partial charge < -0.3 is 0 Å². The molecule has 0 atom stereocenters. The highest BCUT2D eigenvalue weighted by molar-refractivity contribution is 8.06. The molecule has 0 aliphatic carbocycles. The highest BCUT2D eigenvalue weighted by atomic mass is 32.2. The van der Waals surface area contributed by atoms with E-state index in [4.69, 9.17) is 0 Å². The van der Waals surface area contributed by atoms with Gasteiger partial charge in [0, 0.05) is 4.91 Å². The second-order valence-corrected chi connectivity index (χ2v) is 2.73. The topological polar surface area (TPSA) is 0 Å². The molecule has 50 valence electrons. The molecule has 0 aliphatic heterocycles. The van der Waals surface area contributed by atoms with Crippen molar-refractivity contribution in [3.63, 3.8) is 0 Å². The van der Waals surface area contributed by atoms with Crippen LogP contribution in [0.1, 0.15) is 13.8 Å². The summed E-state index contributed by atoms with van der Waals surface area (Å²) in [5.41, 5.74) is 1.10. The first-order valence-corrected chi connectivity index (χ1v) is 3.70. The van der Waals surface area contributed by atoms with Crippen LogP contribution in [0.25, 0.3) is 0 Å². The summed E-state index contributed by atoms with van der Waals surface area (Å²) in [6.07, 6.45) is 2.04. The van der Waals surface area contributed by atoms with Gasteiger partial charge in [-0.15, -0.1) is 0 Å². The Bertz CT molecular complexity index is 143. The second kappa shape index (κ2) is 4.45. The van der Waals surface area contributed by atoms with E-state index in [-0.39, 0.29) is 0 Å². The predicted molar refractivity (Wildman–Crippen MR) is 46.4 cm³/mol. The van der Waals surface area contributed by atoms with E-state index in [0.29, 0.717) is 0 Å². The lowest BCUT2D eigenvalue weighted by Gasteiger charge is -1.98. The SMILES string of the molecule is C=CS/C(=C\C)C(=C)C. The Morgan fingerprint density at radius 1 is 1.56 bits per heavy atom. The van der Waals surface area contributed by atoms with Crippen LogP contribution in [0.2, 0.25) is 0 Å². The maximum Gasteiger partial charge on any atom is 0.00962 e. The van der Waals surface area contributed by atoms with Crippen molar-refractivity contribution in [2.75, 3.05) is 0 Å². The second-order valence-electron chi connectivity index (χ2n) is 1.72. The van der Waals surface area contributed by atoms with Gasteiger partial charge >= 0.3 is 0 Å². The molecule has 9 heavy (non-hydrogen) atoms. The van der Waals surface area contributed by atoms with E-state index in [9.17, 15) is 0 Å². The van der Waals surface area contributed by atoms with Gasteiger partial charge in [0.25, 0.3) is 0 Å². The minimum atomic E-state index is 1.10. The maximum absolute atomic E-state index is 3.81. The summed E-state index contributed by atoms with van der Waals surface area (Å²) in [5, 5.41) is 1.81. The molecule has 0 aliphatic rings. The van der Waals surface area contributed by atoms with E-state index in [1.807, 2.05) is 25.3 Å². The van der Waals surface area contributed by atoms with E-state index in [1.54, 1.807) is 11.8 Å². The molecular formula is C8H12S. The molecule has 0 radical (unpaired) electrons. The first-order valence-electron chi connectivity index (χ1n) is 2.82. The minimum absolute atomic E-state index is 1.10. The molecule has 0 spiro atoms. The zero-order valence-electron chi connectivity index (χ0n) is 5.98. The van der Waals surface area contributed by atoms with Crippen molar-refractivity contribution in [1.82, 2.24) is 0 Å². The molecule has 0 heterocycles. The van der Waals surface area contributed by atoms with Crippen LogP contribution in [0.5, 0.6) is 0 Å². The normalized spacial score (nSPS) is 11.1. The lowest BCUT2D eigenvalue weighted by atomic mass is 10.3. The zero-order valence-corrected chi connectivity index (χ0v) is 6.79. The third kappa shape index (κ3) is 3.20. The highest BCUT2D eigenvalue weighted by Gasteiger charge is 1.91. The van der Waals surface area contributed by atoms with E-state index in [0.717, 1.165) is 5.57 Å². The fourth-order valence-corrected chi connectivity index (χ4v) is 1.02. The lowest BCUT2D eigenvalue weighted by molar-refractivity contribution is 1.51. The Kier molecular flexibility index (Phi) is 4.24. The Hall–Kier alpha value is -0.430. The smallest absolute Gasteiger partial charge is 0.00962 e. The molecule has 0 saturated heterocycles. The molecule has 1 heteroatoms. The van der Waals surface area contributed by atoms with Crippen molar-refractivity contribution in [2.45, 2.75) is 13.8 Å². The molecule has 0 bridgehead atoms. The minimum Gasteiger partial charge on any atom is -0.0988 e. The standard InChI is InChI=1S/C8H12S/c1-5-8(7(3)4)9-6-2/h5-6H,2-3H2,1,4H3/b8-5-. The zero-order chi connectivity index (χ0) is 7.28. The fourth-order valence-electron chi connectivity index (χ4n) is 0.505. The summed E-state index contributed by atoms with van der Waals surface area (Å²) in [6, 6.07) is 0. The number of rotatable bonds is 3. The van der Waals surface area contributed by atoms with Gasteiger partial charge in [-0.05, 0) is 24.8 Å². The Morgan fingerprint density at radius 2 is 2.11 bits per heavy atom. The first kappa shape index (κ1) is 8.57. The summed E-state index contributed by atoms with van der Waals surface area (Å²) in [7, 11) is 0. The van der Waals surface area contributed by atoms with Gasteiger partial charge in [-0.25, -0.2) is 0 Å². The molecule has 0 fully saturated rings. The van der Waals surface area contributed by atoms with Gasteiger partial charge in [-0.3, -0.25) is 0 Å². The molecule has 0 nitrogen and oxygen atoms in total. The van der Waals surface area contributed by atoms with E-state index >= 15 is 0 Å². The third-order valence-corrected chi connectivity index (χ3v) is 1.90. The molecule has 0 aromatic carbocycles. The average molecular weight is 140 g/mol. The van der Waals surface area contributed by atoms with Gasteiger partial charge in [-0.1, -0.05) is 31.0 Å². The quantitative estimate of drug-likeness (QED) is 0.542. The third-order valence-electron chi connectivity index (χ3n) is 0.893. The Morgan fingerprint density at radius 3 is 2.22 bits per heavy atom. The fraction of sp³-hybridized carbons (Fsp3) is 0.250. The molecule has 0 N–H and O–H groups in total. The summed E-state index contributed by atoms with van der Waals surface area (Å²) in [5.74, 6) is 0. The number of hydrogen-bond acceptors (Lipinski definition) is 1. The van der Waals surface area contributed by atoms with Gasteiger partial charge in [0.05, 0.1) is 0 Å². The van der Waals surface area contributed by atoms with E-state index in [2.05, 4.69) is 13.2 Å². The Labute approximate surface area is 61.3 Å². The van der Waals surface area contributed by atoms with Crippen LogP contribution in [-0.4, -0.2) is 0 Å². The van der Waals surface area contributed by atoms with Crippen molar-refractivity contribution in [3.8, 4) is 0 Å². The molecular weight excluding hydrogens is 128 g/mol. The van der Waals surface area contributed by atoms with Crippen LogP contribution in [-0.2, 0) is 0 Å². The predicted octanol–water partition coefficient (Wildman–Crippen LogP) is 3.34. The number of thioether (sulfide) groups is 1. The van der Waals surface area contributed by atoms with E-state index in [1.165, 1.54) is 4.91 Å². The monoisotopic (exact) mass is 140 g/mol. The highest BCUT2D eigenvalue weighted by Crippen LogP contribution is 2.22. The van der Waals surface area contributed by atoms with Crippen molar-refractivity contribution in [2.24, 2.45) is 0 Å². The molecule has 0 amide bonds.